The molecule has 0 saturated heterocycles. The number of H-pyrrole nitrogens is 1. The van der Waals surface area contributed by atoms with E-state index in [1.54, 1.807) is 0 Å². The molecule has 0 spiro atoms. The molecule has 4 N–H and O–H groups in total. The van der Waals surface area contributed by atoms with E-state index in [0.717, 1.165) is 19.5 Å². The van der Waals surface area contributed by atoms with Crippen LogP contribution in [-0.2, 0) is 11.3 Å². The third-order valence-electron chi connectivity index (χ3n) is 1.77. The quantitative estimate of drug-likeness (QED) is 0.555. The lowest BCUT2D eigenvalue weighted by molar-refractivity contribution is -0.118. The van der Waals surface area contributed by atoms with Crippen molar-refractivity contribution >= 4 is 5.91 Å². The van der Waals surface area contributed by atoms with Gasteiger partial charge in [-0.2, -0.15) is 0 Å². The molecule has 4 nitrogen and oxygen atoms in total. The predicted octanol–water partition coefficient (Wildman–Crippen LogP) is 0.370. The minimum absolute atomic E-state index is 0.233. The van der Waals surface area contributed by atoms with Gasteiger partial charge in [0.2, 0.25) is 5.91 Å². The van der Waals surface area contributed by atoms with Gasteiger partial charge in [0.25, 0.3) is 0 Å². The van der Waals surface area contributed by atoms with Crippen LogP contribution in [0.1, 0.15) is 18.4 Å². The molecule has 0 radical (unpaired) electrons. The summed E-state index contributed by atoms with van der Waals surface area (Å²) in [6, 6.07) is 2.01. The highest BCUT2D eigenvalue weighted by atomic mass is 16.1. The molecule has 1 rings (SSSR count). The van der Waals surface area contributed by atoms with Crippen LogP contribution in [0.3, 0.4) is 0 Å². The zero-order valence-electron chi connectivity index (χ0n) is 7.55. The van der Waals surface area contributed by atoms with Crippen molar-refractivity contribution in [2.45, 2.75) is 19.4 Å². The second-order valence-corrected chi connectivity index (χ2v) is 2.97. The van der Waals surface area contributed by atoms with Crippen LogP contribution in [0, 0.1) is 0 Å². The zero-order valence-corrected chi connectivity index (χ0v) is 7.55. The van der Waals surface area contributed by atoms with Gasteiger partial charge in [-0.25, -0.2) is 0 Å². The number of primary amides is 1. The van der Waals surface area contributed by atoms with E-state index in [2.05, 4.69) is 10.3 Å². The van der Waals surface area contributed by atoms with Gasteiger partial charge in [0.05, 0.1) is 0 Å². The summed E-state index contributed by atoms with van der Waals surface area (Å²) in [7, 11) is 0. The minimum Gasteiger partial charge on any atom is -0.370 e. The van der Waals surface area contributed by atoms with Gasteiger partial charge in [0.1, 0.15) is 0 Å². The van der Waals surface area contributed by atoms with Gasteiger partial charge in [-0.1, -0.05) is 0 Å². The molecule has 1 aromatic rings. The second-order valence-electron chi connectivity index (χ2n) is 2.97. The van der Waals surface area contributed by atoms with E-state index in [4.69, 9.17) is 5.73 Å². The third-order valence-corrected chi connectivity index (χ3v) is 1.77. The molecular formula is C9H15N3O. The van der Waals surface area contributed by atoms with Crippen LogP contribution in [0.15, 0.2) is 18.5 Å². The van der Waals surface area contributed by atoms with Gasteiger partial charge >= 0.3 is 0 Å². The molecule has 0 unspecified atom stereocenters. The Morgan fingerprint density at radius 3 is 3.08 bits per heavy atom. The maximum atomic E-state index is 10.4. The van der Waals surface area contributed by atoms with Gasteiger partial charge in [-0.15, -0.1) is 0 Å². The summed E-state index contributed by atoms with van der Waals surface area (Å²) in [5.74, 6) is -0.233. The standard InChI is InChI=1S/C9H15N3O/c10-9(13)2-1-4-11-6-8-3-5-12-7-8/h3,5,7,11-12H,1-2,4,6H2,(H2,10,13). The van der Waals surface area contributed by atoms with Crippen molar-refractivity contribution in [3.05, 3.63) is 24.0 Å². The van der Waals surface area contributed by atoms with E-state index < -0.39 is 0 Å². The van der Waals surface area contributed by atoms with Crippen LogP contribution in [0.25, 0.3) is 0 Å². The first-order valence-electron chi connectivity index (χ1n) is 4.40. The predicted molar refractivity (Wildman–Crippen MR) is 50.9 cm³/mol. The van der Waals surface area contributed by atoms with Crippen LogP contribution >= 0.6 is 0 Å². The van der Waals surface area contributed by atoms with E-state index >= 15 is 0 Å². The number of nitrogens with one attached hydrogen (secondary N) is 2. The van der Waals surface area contributed by atoms with E-state index in [-0.39, 0.29) is 5.91 Å². The first-order chi connectivity index (χ1) is 6.29. The number of aromatic nitrogens is 1. The number of amides is 1. The molecular weight excluding hydrogens is 166 g/mol. The molecule has 0 bridgehead atoms. The Bertz CT molecular complexity index is 243. The van der Waals surface area contributed by atoms with Crippen LogP contribution in [-0.4, -0.2) is 17.4 Å². The molecule has 0 saturated carbocycles. The fraction of sp³-hybridized carbons (Fsp3) is 0.444. The number of hydrogen-bond donors (Lipinski definition) is 3. The van der Waals surface area contributed by atoms with Gasteiger partial charge in [0, 0.05) is 25.4 Å². The van der Waals surface area contributed by atoms with E-state index in [1.807, 2.05) is 18.5 Å². The number of aromatic amines is 1. The lowest BCUT2D eigenvalue weighted by atomic mass is 10.3. The highest BCUT2D eigenvalue weighted by Crippen LogP contribution is 1.95. The first-order valence-corrected chi connectivity index (χ1v) is 4.40. The molecule has 0 aliphatic rings. The van der Waals surface area contributed by atoms with Crippen LogP contribution in [0.4, 0.5) is 0 Å². The van der Waals surface area contributed by atoms with Crippen LogP contribution in [0.5, 0.6) is 0 Å². The number of rotatable bonds is 6. The molecule has 4 heteroatoms. The summed E-state index contributed by atoms with van der Waals surface area (Å²) in [6.45, 7) is 1.66. The van der Waals surface area contributed by atoms with Crippen LogP contribution < -0.4 is 11.1 Å². The average Bonchev–Trinajstić information content (AvgIpc) is 2.55. The van der Waals surface area contributed by atoms with Crippen molar-refractivity contribution in [3.8, 4) is 0 Å². The molecule has 0 fully saturated rings. The normalized spacial score (nSPS) is 10.2. The van der Waals surface area contributed by atoms with E-state index in [0.29, 0.717) is 6.42 Å². The van der Waals surface area contributed by atoms with Crippen molar-refractivity contribution in [2.24, 2.45) is 5.73 Å². The Morgan fingerprint density at radius 2 is 2.46 bits per heavy atom. The summed E-state index contributed by atoms with van der Waals surface area (Å²) in [5, 5.41) is 3.22. The van der Waals surface area contributed by atoms with Crippen molar-refractivity contribution < 1.29 is 4.79 Å². The summed E-state index contributed by atoms with van der Waals surface area (Å²) in [6.07, 6.45) is 5.10. The highest BCUT2D eigenvalue weighted by Gasteiger charge is 1.94. The van der Waals surface area contributed by atoms with Crippen molar-refractivity contribution in [3.63, 3.8) is 0 Å². The van der Waals surface area contributed by atoms with Crippen LogP contribution in [0.2, 0.25) is 0 Å². The highest BCUT2D eigenvalue weighted by molar-refractivity contribution is 5.73. The average molecular weight is 181 g/mol. The topological polar surface area (TPSA) is 70.9 Å². The summed E-state index contributed by atoms with van der Waals surface area (Å²) in [5.41, 5.74) is 6.22. The Hall–Kier alpha value is -1.29. The number of carbonyl (C=O) groups is 1. The van der Waals surface area contributed by atoms with Gasteiger partial charge in [-0.3, -0.25) is 4.79 Å². The second kappa shape index (κ2) is 5.37. The third kappa shape index (κ3) is 4.32. The Balaban J connectivity index is 1.99. The maximum Gasteiger partial charge on any atom is 0.217 e. The number of hydrogen-bond acceptors (Lipinski definition) is 2. The maximum absolute atomic E-state index is 10.4. The van der Waals surface area contributed by atoms with E-state index in [1.165, 1.54) is 5.56 Å². The Morgan fingerprint density at radius 1 is 1.62 bits per heavy atom. The smallest absolute Gasteiger partial charge is 0.217 e. The molecule has 0 aliphatic heterocycles. The monoisotopic (exact) mass is 181 g/mol. The molecule has 72 valence electrons. The van der Waals surface area contributed by atoms with Crippen molar-refractivity contribution in [2.75, 3.05) is 6.54 Å². The molecule has 0 atom stereocenters. The summed E-state index contributed by atoms with van der Waals surface area (Å²) < 4.78 is 0. The first kappa shape index (κ1) is 9.80. The van der Waals surface area contributed by atoms with Crippen molar-refractivity contribution in [1.82, 2.24) is 10.3 Å². The molecule has 1 aromatic heterocycles. The Labute approximate surface area is 77.5 Å². The lowest BCUT2D eigenvalue weighted by Gasteiger charge is -2.00. The number of nitrogens with two attached hydrogens (primary N) is 1. The lowest BCUT2D eigenvalue weighted by Crippen LogP contribution is -2.17. The molecule has 0 aromatic carbocycles. The van der Waals surface area contributed by atoms with Gasteiger partial charge in [-0.05, 0) is 24.6 Å². The van der Waals surface area contributed by atoms with Gasteiger partial charge in [0.15, 0.2) is 0 Å². The van der Waals surface area contributed by atoms with E-state index in [9.17, 15) is 4.79 Å². The fourth-order valence-corrected chi connectivity index (χ4v) is 1.09. The summed E-state index contributed by atoms with van der Waals surface area (Å²) in [4.78, 5) is 13.4. The minimum atomic E-state index is -0.233. The molecule has 1 amide bonds. The molecule has 13 heavy (non-hydrogen) atoms. The SMILES string of the molecule is NC(=O)CCCNCc1cc[nH]c1. The van der Waals surface area contributed by atoms with Crippen molar-refractivity contribution in [1.29, 1.82) is 0 Å². The number of carbonyl (C=O) groups excluding carboxylic acids is 1. The fourth-order valence-electron chi connectivity index (χ4n) is 1.09. The molecule has 0 aliphatic carbocycles. The van der Waals surface area contributed by atoms with Gasteiger partial charge < -0.3 is 16.0 Å². The largest absolute Gasteiger partial charge is 0.370 e. The Kier molecular flexibility index (Phi) is 4.05. The zero-order chi connectivity index (χ0) is 9.52. The summed E-state index contributed by atoms with van der Waals surface area (Å²) >= 11 is 0. The molecule has 1 heterocycles.